The van der Waals surface area contributed by atoms with Gasteiger partial charge in [-0.15, -0.1) is 0 Å². The molecule has 8 heteroatoms. The van der Waals surface area contributed by atoms with Crippen LogP contribution in [0.1, 0.15) is 38.1 Å². The van der Waals surface area contributed by atoms with E-state index in [2.05, 4.69) is 4.98 Å². The minimum absolute atomic E-state index is 0.197. The molecule has 1 fully saturated rings. The van der Waals surface area contributed by atoms with E-state index >= 15 is 0 Å². The minimum Gasteiger partial charge on any atom is -0.493 e. The topological polar surface area (TPSA) is 81.2 Å². The standard InChI is InChI=1S/C28H29N3O5/c1-28(2,3)36-27(33)31-21(14-17-10-7-6-8-11-17)26(32)30-20-16-23(35-5)22(34-4)15-19(20)24-18(25(30)31)12-9-13-29-24/h6-13,15-16,21,25H,14H2,1-5H3/t21-,25+/m1/s1. The summed E-state index contributed by atoms with van der Waals surface area (Å²) in [5.74, 6) is 0.818. The molecule has 2 aliphatic heterocycles. The van der Waals surface area contributed by atoms with Crippen molar-refractivity contribution in [3.05, 3.63) is 71.9 Å². The summed E-state index contributed by atoms with van der Waals surface area (Å²) in [5, 5.41) is 0. The minimum atomic E-state index is -0.764. The number of amides is 2. The Hall–Kier alpha value is -4.07. The van der Waals surface area contributed by atoms with Crippen molar-refractivity contribution in [2.45, 2.75) is 45.0 Å². The van der Waals surface area contributed by atoms with Crippen LogP contribution in [0.5, 0.6) is 11.5 Å². The van der Waals surface area contributed by atoms with Gasteiger partial charge in [0, 0.05) is 29.8 Å². The van der Waals surface area contributed by atoms with Gasteiger partial charge >= 0.3 is 6.09 Å². The number of pyridine rings is 1. The van der Waals surface area contributed by atoms with Crippen LogP contribution in [0.4, 0.5) is 10.5 Å². The Morgan fingerprint density at radius 1 is 1.00 bits per heavy atom. The molecule has 36 heavy (non-hydrogen) atoms. The molecule has 3 heterocycles. The monoisotopic (exact) mass is 487 g/mol. The third kappa shape index (κ3) is 3.92. The van der Waals surface area contributed by atoms with Crippen LogP contribution in [0.2, 0.25) is 0 Å². The fraction of sp³-hybridized carbons (Fsp3) is 0.321. The summed E-state index contributed by atoms with van der Waals surface area (Å²) in [6.45, 7) is 5.45. The Labute approximate surface area is 210 Å². The number of carbonyl (C=O) groups is 2. The van der Waals surface area contributed by atoms with Gasteiger partial charge in [-0.25, -0.2) is 4.79 Å². The number of benzene rings is 2. The van der Waals surface area contributed by atoms with Crippen LogP contribution in [-0.2, 0) is 16.0 Å². The summed E-state index contributed by atoms with van der Waals surface area (Å²) in [5.41, 5.74) is 2.98. The summed E-state index contributed by atoms with van der Waals surface area (Å²) >= 11 is 0. The maximum absolute atomic E-state index is 14.1. The number of ether oxygens (including phenoxy) is 3. The number of fused-ring (bicyclic) bond motifs is 6. The maximum Gasteiger partial charge on any atom is 0.412 e. The largest absolute Gasteiger partial charge is 0.493 e. The summed E-state index contributed by atoms with van der Waals surface area (Å²) in [6, 6.07) is 16.2. The van der Waals surface area contributed by atoms with Crippen LogP contribution >= 0.6 is 0 Å². The third-order valence-corrected chi connectivity index (χ3v) is 6.38. The lowest BCUT2D eigenvalue weighted by atomic mass is 9.95. The number of anilines is 1. The Kier molecular flexibility index (Phi) is 5.82. The summed E-state index contributed by atoms with van der Waals surface area (Å²) < 4.78 is 16.9. The lowest BCUT2D eigenvalue weighted by Gasteiger charge is -2.37. The first kappa shape index (κ1) is 23.7. The first-order valence-corrected chi connectivity index (χ1v) is 11.8. The van der Waals surface area contributed by atoms with Crippen molar-refractivity contribution in [2.24, 2.45) is 0 Å². The van der Waals surface area contributed by atoms with Gasteiger partial charge in [0.1, 0.15) is 17.8 Å². The number of methoxy groups -OCH3 is 2. The quantitative estimate of drug-likeness (QED) is 0.517. The molecule has 2 atom stereocenters. The molecular formula is C28H29N3O5. The average molecular weight is 488 g/mol. The number of nitrogens with zero attached hydrogens (tertiary/aromatic N) is 3. The van der Waals surface area contributed by atoms with Crippen LogP contribution in [0.3, 0.4) is 0 Å². The van der Waals surface area contributed by atoms with Gasteiger partial charge in [-0.05, 0) is 38.5 Å². The molecule has 0 aliphatic carbocycles. The van der Waals surface area contributed by atoms with Crippen LogP contribution < -0.4 is 14.4 Å². The third-order valence-electron chi connectivity index (χ3n) is 6.38. The van der Waals surface area contributed by atoms with E-state index in [4.69, 9.17) is 14.2 Å². The van der Waals surface area contributed by atoms with Crippen LogP contribution in [0.25, 0.3) is 11.3 Å². The van der Waals surface area contributed by atoms with E-state index in [1.54, 1.807) is 36.3 Å². The molecule has 0 radical (unpaired) electrons. The van der Waals surface area contributed by atoms with Gasteiger partial charge in [0.05, 0.1) is 25.6 Å². The van der Waals surface area contributed by atoms with E-state index in [1.807, 2.05) is 69.3 Å². The van der Waals surface area contributed by atoms with Crippen molar-refractivity contribution >= 4 is 17.7 Å². The highest BCUT2D eigenvalue weighted by Gasteiger charge is 2.54. The van der Waals surface area contributed by atoms with E-state index in [0.29, 0.717) is 29.3 Å². The van der Waals surface area contributed by atoms with Gasteiger partial charge in [-0.3, -0.25) is 19.6 Å². The number of carbonyl (C=O) groups excluding carboxylic acids is 2. The first-order chi connectivity index (χ1) is 17.2. The van der Waals surface area contributed by atoms with Crippen molar-refractivity contribution in [1.29, 1.82) is 0 Å². The number of rotatable bonds is 4. The van der Waals surface area contributed by atoms with Gasteiger partial charge in [0.25, 0.3) is 5.91 Å². The highest BCUT2D eigenvalue weighted by Crippen LogP contribution is 2.52. The molecule has 8 nitrogen and oxygen atoms in total. The molecule has 2 aromatic carbocycles. The van der Waals surface area contributed by atoms with E-state index in [1.165, 1.54) is 0 Å². The molecule has 3 aromatic rings. The SMILES string of the molecule is COc1cc2c(cc1OC)N1C(=O)[C@@H](Cc3ccccc3)N(C(=O)OC(C)(C)C)[C@H]1c1cccnc1-2. The van der Waals surface area contributed by atoms with Gasteiger partial charge in [-0.2, -0.15) is 0 Å². The molecule has 0 saturated carbocycles. The average Bonchev–Trinajstić information content (AvgIpc) is 3.15. The molecule has 1 aromatic heterocycles. The fourth-order valence-electron chi connectivity index (χ4n) is 4.91. The second kappa shape index (κ2) is 8.86. The zero-order chi connectivity index (χ0) is 25.6. The highest BCUT2D eigenvalue weighted by molar-refractivity contribution is 6.08. The first-order valence-electron chi connectivity index (χ1n) is 11.8. The Bertz CT molecular complexity index is 1320. The number of aromatic nitrogens is 1. The van der Waals surface area contributed by atoms with Crippen molar-refractivity contribution in [3.63, 3.8) is 0 Å². The molecule has 0 N–H and O–H groups in total. The zero-order valence-corrected chi connectivity index (χ0v) is 21.0. The van der Waals surface area contributed by atoms with E-state index in [0.717, 1.165) is 16.7 Å². The summed E-state index contributed by atoms with van der Waals surface area (Å²) in [6.07, 6.45) is 0.785. The van der Waals surface area contributed by atoms with E-state index in [9.17, 15) is 9.59 Å². The van der Waals surface area contributed by atoms with Crippen molar-refractivity contribution in [1.82, 2.24) is 9.88 Å². The van der Waals surface area contributed by atoms with Crippen LogP contribution in [-0.4, -0.2) is 47.7 Å². The Morgan fingerprint density at radius 2 is 1.69 bits per heavy atom. The van der Waals surface area contributed by atoms with Crippen LogP contribution in [0.15, 0.2) is 60.8 Å². The molecule has 0 bridgehead atoms. The molecule has 1 saturated heterocycles. The Morgan fingerprint density at radius 3 is 2.36 bits per heavy atom. The summed E-state index contributed by atoms with van der Waals surface area (Å²) in [7, 11) is 3.12. The highest BCUT2D eigenvalue weighted by atomic mass is 16.6. The molecule has 2 aliphatic rings. The molecule has 0 unspecified atom stereocenters. The van der Waals surface area contributed by atoms with Crippen molar-refractivity contribution in [2.75, 3.05) is 19.1 Å². The lowest BCUT2D eigenvalue weighted by Crippen LogP contribution is -2.44. The normalized spacial score (nSPS) is 18.3. The van der Waals surface area contributed by atoms with Gasteiger partial charge in [-0.1, -0.05) is 36.4 Å². The second-order valence-corrected chi connectivity index (χ2v) is 9.84. The number of hydrogen-bond donors (Lipinski definition) is 0. The predicted octanol–water partition coefficient (Wildman–Crippen LogP) is 4.97. The Balaban J connectivity index is 1.71. The van der Waals surface area contributed by atoms with Gasteiger partial charge in [0.15, 0.2) is 11.5 Å². The second-order valence-electron chi connectivity index (χ2n) is 9.84. The maximum atomic E-state index is 14.1. The fourth-order valence-corrected chi connectivity index (χ4v) is 4.91. The van der Waals surface area contributed by atoms with Crippen molar-refractivity contribution in [3.8, 4) is 22.8 Å². The van der Waals surface area contributed by atoms with E-state index in [-0.39, 0.29) is 5.91 Å². The lowest BCUT2D eigenvalue weighted by molar-refractivity contribution is -0.119. The molecular weight excluding hydrogens is 458 g/mol. The van der Waals surface area contributed by atoms with E-state index < -0.39 is 23.9 Å². The van der Waals surface area contributed by atoms with Gasteiger partial charge in [0.2, 0.25) is 0 Å². The van der Waals surface area contributed by atoms with Crippen molar-refractivity contribution < 1.29 is 23.8 Å². The van der Waals surface area contributed by atoms with Gasteiger partial charge < -0.3 is 14.2 Å². The zero-order valence-electron chi connectivity index (χ0n) is 21.0. The molecule has 0 spiro atoms. The predicted molar refractivity (Wildman–Crippen MR) is 135 cm³/mol. The number of hydrogen-bond acceptors (Lipinski definition) is 6. The summed E-state index contributed by atoms with van der Waals surface area (Å²) in [4.78, 5) is 35.7. The van der Waals surface area contributed by atoms with Crippen LogP contribution in [0, 0.1) is 0 Å². The molecule has 186 valence electrons. The molecule has 5 rings (SSSR count). The molecule has 2 amide bonds. The smallest absolute Gasteiger partial charge is 0.412 e.